The Bertz CT molecular complexity index is 886. The molecule has 9 heteroatoms. The molecule has 0 saturated carbocycles. The maximum atomic E-state index is 12.1. The van der Waals surface area contributed by atoms with Crippen molar-refractivity contribution in [2.24, 2.45) is 11.5 Å². The van der Waals surface area contributed by atoms with E-state index in [4.69, 9.17) is 21.7 Å². The third-order valence-electron chi connectivity index (χ3n) is 10.6. The molecule has 0 aromatic rings. The van der Waals surface area contributed by atoms with Gasteiger partial charge in [-0.25, -0.2) is 0 Å². The van der Waals surface area contributed by atoms with Crippen molar-refractivity contribution in [3.63, 3.8) is 0 Å². The molecule has 0 heterocycles. The summed E-state index contributed by atoms with van der Waals surface area (Å²) in [6.07, 6.45) is 47.0. The molecule has 7 N–H and O–H groups in total. The lowest BCUT2D eigenvalue weighted by atomic mass is 10.0. The van der Waals surface area contributed by atoms with E-state index in [1.54, 1.807) is 0 Å². The average molecular weight is 794 g/mol. The van der Waals surface area contributed by atoms with Crippen LogP contribution in [0.1, 0.15) is 226 Å². The first-order chi connectivity index (χ1) is 27.2. The van der Waals surface area contributed by atoms with Crippen molar-refractivity contribution in [2.45, 2.75) is 238 Å². The lowest BCUT2D eigenvalue weighted by Crippen LogP contribution is -2.42. The standard InChI is InChI=1S/C41H77NO4.C6H14N2O2/c1-3-5-7-9-11-13-15-17-19-21-23-25-27-29-31-33-37-42(39(41(45)46)35-36-40(43)44)38-34-32-30-28-26-24-22-20-18-16-14-12-10-8-6-4-2;7-4-2-1-3-5(8)6(9)10/h17-20,39H,3-16,21-38H2,1-2H3,(H,43,44)(H,45,46);5H,1-4,7-8H2,(H,9,10)/b19-17-,20-18-;. The van der Waals surface area contributed by atoms with Crippen LogP contribution in [0, 0.1) is 0 Å². The summed E-state index contributed by atoms with van der Waals surface area (Å²) in [6, 6.07) is -1.41. The van der Waals surface area contributed by atoms with E-state index < -0.39 is 30.0 Å². The normalized spacial score (nSPS) is 12.7. The van der Waals surface area contributed by atoms with E-state index in [2.05, 4.69) is 43.1 Å². The number of carboxylic acid groups (broad SMARTS) is 3. The molecule has 0 aliphatic rings. The fourth-order valence-corrected chi connectivity index (χ4v) is 6.90. The largest absolute Gasteiger partial charge is 0.481 e. The smallest absolute Gasteiger partial charge is 0.320 e. The number of aliphatic carboxylic acids is 3. The van der Waals surface area contributed by atoms with Gasteiger partial charge in [0.05, 0.1) is 0 Å². The number of rotatable bonds is 42. The van der Waals surface area contributed by atoms with Crippen molar-refractivity contribution >= 4 is 17.9 Å². The first-order valence-corrected chi connectivity index (χ1v) is 23.4. The first kappa shape index (κ1) is 55.9. The zero-order valence-corrected chi connectivity index (χ0v) is 36.6. The molecule has 0 aromatic heterocycles. The van der Waals surface area contributed by atoms with E-state index in [1.807, 2.05) is 0 Å². The predicted molar refractivity (Wildman–Crippen MR) is 237 cm³/mol. The Morgan fingerprint density at radius 3 is 1.16 bits per heavy atom. The summed E-state index contributed by atoms with van der Waals surface area (Å²) in [5.41, 5.74) is 10.4. The molecule has 0 amide bonds. The van der Waals surface area contributed by atoms with Crippen LogP contribution < -0.4 is 11.5 Å². The fourth-order valence-electron chi connectivity index (χ4n) is 6.90. The fraction of sp³-hybridized carbons (Fsp3) is 0.851. The van der Waals surface area contributed by atoms with Crippen LogP contribution in [-0.2, 0) is 14.4 Å². The van der Waals surface area contributed by atoms with Gasteiger partial charge in [-0.1, -0.05) is 160 Å². The number of carboxylic acids is 3. The number of unbranched alkanes of at least 4 members (excludes halogenated alkanes) is 25. The summed E-state index contributed by atoms with van der Waals surface area (Å²) >= 11 is 0. The molecule has 0 saturated heterocycles. The summed E-state index contributed by atoms with van der Waals surface area (Å²) < 4.78 is 0. The van der Waals surface area contributed by atoms with Crippen molar-refractivity contribution in [1.82, 2.24) is 4.90 Å². The zero-order chi connectivity index (χ0) is 41.7. The van der Waals surface area contributed by atoms with Gasteiger partial charge < -0.3 is 26.8 Å². The molecule has 2 atom stereocenters. The molecular formula is C47H91N3O6. The van der Waals surface area contributed by atoms with E-state index in [-0.39, 0.29) is 12.8 Å². The summed E-state index contributed by atoms with van der Waals surface area (Å²) in [6.45, 7) is 6.64. The van der Waals surface area contributed by atoms with Gasteiger partial charge in [0.25, 0.3) is 0 Å². The molecule has 2 unspecified atom stereocenters. The molecule has 0 aliphatic carbocycles. The maximum absolute atomic E-state index is 12.1. The highest BCUT2D eigenvalue weighted by molar-refractivity contribution is 5.75. The number of nitrogens with two attached hydrogens (primary N) is 2. The molecule has 0 rings (SSSR count). The van der Waals surface area contributed by atoms with Crippen LogP contribution in [0.2, 0.25) is 0 Å². The second-order valence-electron chi connectivity index (χ2n) is 15.9. The second-order valence-corrected chi connectivity index (χ2v) is 15.9. The molecule has 330 valence electrons. The molecule has 0 bridgehead atoms. The van der Waals surface area contributed by atoms with Crippen molar-refractivity contribution in [3.05, 3.63) is 24.3 Å². The SMILES string of the molecule is CCCCCCCC/C=C\CCCCCCCCN(CCCCCCCC/C=C\CCCCCCCC)C(CCC(=O)O)C(=O)O.NCCCCC(N)C(=O)O. The monoisotopic (exact) mass is 794 g/mol. The first-order valence-electron chi connectivity index (χ1n) is 23.4. The number of hydrogen-bond donors (Lipinski definition) is 5. The van der Waals surface area contributed by atoms with Gasteiger partial charge in [-0.3, -0.25) is 19.3 Å². The van der Waals surface area contributed by atoms with Crippen LogP contribution in [0.3, 0.4) is 0 Å². The minimum Gasteiger partial charge on any atom is -0.481 e. The van der Waals surface area contributed by atoms with Crippen LogP contribution in [0.4, 0.5) is 0 Å². The van der Waals surface area contributed by atoms with Crippen LogP contribution >= 0.6 is 0 Å². The van der Waals surface area contributed by atoms with Gasteiger partial charge in [-0.15, -0.1) is 0 Å². The lowest BCUT2D eigenvalue weighted by Gasteiger charge is -2.28. The Kier molecular flexibility index (Phi) is 45.4. The minimum atomic E-state index is -0.933. The summed E-state index contributed by atoms with van der Waals surface area (Å²) in [4.78, 5) is 35.4. The van der Waals surface area contributed by atoms with Crippen LogP contribution in [-0.4, -0.2) is 69.8 Å². The molecule has 0 spiro atoms. The zero-order valence-electron chi connectivity index (χ0n) is 36.6. The van der Waals surface area contributed by atoms with E-state index in [1.165, 1.54) is 154 Å². The molecule has 0 radical (unpaired) electrons. The number of carbonyl (C=O) groups is 3. The van der Waals surface area contributed by atoms with Crippen LogP contribution in [0.5, 0.6) is 0 Å². The number of allylic oxidation sites excluding steroid dienone is 4. The summed E-state index contributed by atoms with van der Waals surface area (Å²) in [5, 5.41) is 27.4. The van der Waals surface area contributed by atoms with E-state index in [0.29, 0.717) is 13.0 Å². The van der Waals surface area contributed by atoms with Gasteiger partial charge in [0.1, 0.15) is 12.1 Å². The Labute approximate surface area is 344 Å². The molecular weight excluding hydrogens is 703 g/mol. The average Bonchev–Trinajstić information content (AvgIpc) is 3.17. The third-order valence-corrected chi connectivity index (χ3v) is 10.6. The van der Waals surface area contributed by atoms with Crippen molar-refractivity contribution in [3.8, 4) is 0 Å². The van der Waals surface area contributed by atoms with Crippen LogP contribution in [0.15, 0.2) is 24.3 Å². The van der Waals surface area contributed by atoms with Gasteiger partial charge >= 0.3 is 17.9 Å². The third kappa shape index (κ3) is 42.9. The second kappa shape index (κ2) is 45.5. The molecule has 0 aromatic carbocycles. The Morgan fingerprint density at radius 2 is 0.839 bits per heavy atom. The van der Waals surface area contributed by atoms with Gasteiger partial charge in [0, 0.05) is 6.42 Å². The van der Waals surface area contributed by atoms with E-state index in [0.717, 1.165) is 51.6 Å². The van der Waals surface area contributed by atoms with E-state index >= 15 is 0 Å². The Morgan fingerprint density at radius 1 is 0.482 bits per heavy atom. The van der Waals surface area contributed by atoms with Gasteiger partial charge in [0.15, 0.2) is 0 Å². The predicted octanol–water partition coefficient (Wildman–Crippen LogP) is 12.2. The molecule has 9 nitrogen and oxygen atoms in total. The molecule has 0 aliphatic heterocycles. The minimum absolute atomic E-state index is 0.0890. The lowest BCUT2D eigenvalue weighted by molar-refractivity contribution is -0.144. The van der Waals surface area contributed by atoms with Gasteiger partial charge in [0.2, 0.25) is 0 Å². The quantitative estimate of drug-likeness (QED) is 0.0298. The van der Waals surface area contributed by atoms with Crippen molar-refractivity contribution in [2.75, 3.05) is 19.6 Å². The molecule has 0 fully saturated rings. The topological polar surface area (TPSA) is 167 Å². The summed E-state index contributed by atoms with van der Waals surface area (Å²) in [7, 11) is 0. The highest BCUT2D eigenvalue weighted by Gasteiger charge is 2.25. The molecule has 56 heavy (non-hydrogen) atoms. The summed E-state index contributed by atoms with van der Waals surface area (Å²) in [5.74, 6) is -2.73. The van der Waals surface area contributed by atoms with Gasteiger partial charge in [-0.2, -0.15) is 0 Å². The Balaban J connectivity index is 0. The highest BCUT2D eigenvalue weighted by atomic mass is 16.4. The van der Waals surface area contributed by atoms with Gasteiger partial charge in [-0.05, 0) is 103 Å². The maximum Gasteiger partial charge on any atom is 0.320 e. The highest BCUT2D eigenvalue weighted by Crippen LogP contribution is 2.16. The number of nitrogens with zero attached hydrogens (tertiary/aromatic N) is 1. The number of hydrogen-bond acceptors (Lipinski definition) is 6. The Hall–Kier alpha value is -2.23. The van der Waals surface area contributed by atoms with Crippen molar-refractivity contribution in [1.29, 1.82) is 0 Å². The van der Waals surface area contributed by atoms with Crippen molar-refractivity contribution < 1.29 is 29.7 Å². The van der Waals surface area contributed by atoms with E-state index in [9.17, 15) is 19.5 Å². The van der Waals surface area contributed by atoms with Crippen LogP contribution in [0.25, 0.3) is 0 Å².